The van der Waals surface area contributed by atoms with Gasteiger partial charge in [0, 0.05) is 75.3 Å². The topological polar surface area (TPSA) is 97.9 Å². The predicted molar refractivity (Wildman–Crippen MR) is 147 cm³/mol. The summed E-state index contributed by atoms with van der Waals surface area (Å²) >= 11 is 0. The van der Waals surface area contributed by atoms with Gasteiger partial charge in [0.1, 0.15) is 0 Å². The number of hydrogen-bond donors (Lipinski definition) is 2. The maximum atomic E-state index is 13.4. The number of benzene rings is 1. The summed E-state index contributed by atoms with van der Waals surface area (Å²) in [6, 6.07) is 9.17. The van der Waals surface area contributed by atoms with Crippen LogP contribution in [0, 0.1) is 5.92 Å². The molecule has 2 aliphatic heterocycles. The summed E-state index contributed by atoms with van der Waals surface area (Å²) in [4.78, 5) is 49.5. The molecule has 1 aromatic carbocycles. The Hall–Kier alpha value is -3.46. The van der Waals surface area contributed by atoms with Crippen molar-refractivity contribution in [2.45, 2.75) is 38.5 Å². The van der Waals surface area contributed by atoms with Gasteiger partial charge in [0.15, 0.2) is 0 Å². The normalized spacial score (nSPS) is 19.1. The van der Waals surface area contributed by atoms with E-state index >= 15 is 0 Å². The van der Waals surface area contributed by atoms with E-state index in [9.17, 15) is 14.4 Å². The molecule has 1 saturated carbocycles. The molecule has 202 valence electrons. The average molecular weight is 519 g/mol. The molecule has 2 aromatic rings. The first-order valence-electron chi connectivity index (χ1n) is 14.0. The van der Waals surface area contributed by atoms with Gasteiger partial charge in [0.25, 0.3) is 11.8 Å². The van der Waals surface area contributed by atoms with E-state index in [4.69, 9.17) is 0 Å². The number of nitrogens with one attached hydrogen (secondary N) is 2. The summed E-state index contributed by atoms with van der Waals surface area (Å²) in [7, 11) is 0. The van der Waals surface area contributed by atoms with Crippen molar-refractivity contribution in [1.29, 1.82) is 0 Å². The van der Waals surface area contributed by atoms with Crippen LogP contribution >= 0.6 is 0 Å². The zero-order valence-corrected chi connectivity index (χ0v) is 22.0. The van der Waals surface area contributed by atoms with Gasteiger partial charge in [-0.1, -0.05) is 19.3 Å². The number of piperazine rings is 1. The number of carbonyl (C=O) groups excluding carboxylic acids is 3. The van der Waals surface area contributed by atoms with Gasteiger partial charge in [-0.05, 0) is 56.1 Å². The van der Waals surface area contributed by atoms with E-state index < -0.39 is 0 Å². The SMILES string of the molecule is O=C(Nc1cc(C(=O)N2CCCNCC2)ccc1N1CCN(C(=O)c2ccncc2)CC1)C1CCCCC1. The van der Waals surface area contributed by atoms with Gasteiger partial charge < -0.3 is 25.3 Å². The van der Waals surface area contributed by atoms with Gasteiger partial charge in [-0.2, -0.15) is 0 Å². The van der Waals surface area contributed by atoms with E-state index in [1.54, 1.807) is 24.5 Å². The summed E-state index contributed by atoms with van der Waals surface area (Å²) in [5.41, 5.74) is 2.83. The van der Waals surface area contributed by atoms with Crippen LogP contribution < -0.4 is 15.5 Å². The van der Waals surface area contributed by atoms with Crippen molar-refractivity contribution in [2.24, 2.45) is 5.92 Å². The van der Waals surface area contributed by atoms with Crippen molar-refractivity contribution in [2.75, 3.05) is 62.6 Å². The maximum absolute atomic E-state index is 13.4. The van der Waals surface area contributed by atoms with Crippen LogP contribution in [0.25, 0.3) is 0 Å². The summed E-state index contributed by atoms with van der Waals surface area (Å²) in [6.07, 6.45) is 9.38. The standard InChI is InChI=1S/C29H38N6O3/c36-27(22-5-2-1-3-6-22)32-25-21-24(29(38)34-15-4-11-30-14-16-34)7-8-26(25)33-17-19-35(20-18-33)28(37)23-9-12-31-13-10-23/h7-10,12-13,21-22,30H,1-6,11,14-20H2,(H,32,36). The first-order valence-corrected chi connectivity index (χ1v) is 14.0. The van der Waals surface area contributed by atoms with E-state index in [2.05, 4.69) is 20.5 Å². The van der Waals surface area contributed by atoms with Gasteiger partial charge in [-0.15, -0.1) is 0 Å². The monoisotopic (exact) mass is 518 g/mol. The molecule has 0 unspecified atom stereocenters. The molecule has 1 aliphatic carbocycles. The molecule has 2 N–H and O–H groups in total. The number of nitrogens with zero attached hydrogens (tertiary/aromatic N) is 4. The lowest BCUT2D eigenvalue weighted by Gasteiger charge is -2.37. The number of carbonyl (C=O) groups is 3. The van der Waals surface area contributed by atoms with E-state index in [1.165, 1.54) is 6.42 Å². The Labute approximate surface area is 224 Å². The molecule has 0 radical (unpaired) electrons. The third-order valence-electron chi connectivity index (χ3n) is 7.94. The molecular formula is C29H38N6O3. The highest BCUT2D eigenvalue weighted by atomic mass is 16.2. The third-order valence-corrected chi connectivity index (χ3v) is 7.94. The van der Waals surface area contributed by atoms with Crippen LogP contribution in [-0.4, -0.2) is 84.9 Å². The van der Waals surface area contributed by atoms with E-state index in [-0.39, 0.29) is 23.6 Å². The number of aromatic nitrogens is 1. The molecule has 2 saturated heterocycles. The maximum Gasteiger partial charge on any atom is 0.254 e. The fourth-order valence-corrected chi connectivity index (χ4v) is 5.70. The van der Waals surface area contributed by atoms with Crippen LogP contribution in [0.1, 0.15) is 59.2 Å². The molecule has 1 aromatic heterocycles. The van der Waals surface area contributed by atoms with Crippen molar-refractivity contribution >= 4 is 29.1 Å². The van der Waals surface area contributed by atoms with Crippen molar-refractivity contribution < 1.29 is 14.4 Å². The van der Waals surface area contributed by atoms with Crippen molar-refractivity contribution in [3.8, 4) is 0 Å². The second-order valence-corrected chi connectivity index (χ2v) is 10.5. The van der Waals surface area contributed by atoms with Gasteiger partial charge in [-0.3, -0.25) is 19.4 Å². The second-order valence-electron chi connectivity index (χ2n) is 10.5. The highest BCUT2D eigenvalue weighted by Gasteiger charge is 2.27. The van der Waals surface area contributed by atoms with E-state index in [1.807, 2.05) is 28.0 Å². The molecule has 3 amide bonds. The molecule has 0 atom stereocenters. The van der Waals surface area contributed by atoms with Crippen molar-refractivity contribution in [3.63, 3.8) is 0 Å². The predicted octanol–water partition coefficient (Wildman–Crippen LogP) is 3.00. The molecular weight excluding hydrogens is 480 g/mol. The number of amides is 3. The average Bonchev–Trinajstić information content (AvgIpc) is 3.27. The minimum atomic E-state index is 0.00109. The first-order chi connectivity index (χ1) is 18.6. The van der Waals surface area contributed by atoms with Crippen LogP contribution in [0.3, 0.4) is 0 Å². The fraction of sp³-hybridized carbons (Fsp3) is 0.517. The van der Waals surface area contributed by atoms with E-state index in [0.717, 1.165) is 57.4 Å². The molecule has 3 fully saturated rings. The number of rotatable bonds is 5. The lowest BCUT2D eigenvalue weighted by atomic mass is 9.88. The summed E-state index contributed by atoms with van der Waals surface area (Å²) in [5, 5.41) is 6.54. The zero-order valence-electron chi connectivity index (χ0n) is 22.0. The Balaban J connectivity index is 1.34. The van der Waals surface area contributed by atoms with Gasteiger partial charge >= 0.3 is 0 Å². The third kappa shape index (κ3) is 6.15. The lowest BCUT2D eigenvalue weighted by Crippen LogP contribution is -2.49. The van der Waals surface area contributed by atoms with Gasteiger partial charge in [-0.25, -0.2) is 0 Å². The Kier molecular flexibility index (Phi) is 8.53. The first kappa shape index (κ1) is 26.2. The zero-order chi connectivity index (χ0) is 26.3. The minimum absolute atomic E-state index is 0.00109. The van der Waals surface area contributed by atoms with Gasteiger partial charge in [0.2, 0.25) is 5.91 Å². The smallest absolute Gasteiger partial charge is 0.254 e. The Morgan fingerprint density at radius 3 is 2.24 bits per heavy atom. The van der Waals surface area contributed by atoms with Crippen LogP contribution in [0.5, 0.6) is 0 Å². The minimum Gasteiger partial charge on any atom is -0.366 e. The van der Waals surface area contributed by atoms with Crippen molar-refractivity contribution in [3.05, 3.63) is 53.9 Å². The summed E-state index contributed by atoms with van der Waals surface area (Å²) in [6.45, 7) is 5.57. The van der Waals surface area contributed by atoms with Crippen LogP contribution in [0.2, 0.25) is 0 Å². The Morgan fingerprint density at radius 2 is 1.47 bits per heavy atom. The van der Waals surface area contributed by atoms with Crippen LogP contribution in [-0.2, 0) is 4.79 Å². The largest absolute Gasteiger partial charge is 0.366 e. The highest BCUT2D eigenvalue weighted by molar-refractivity contribution is 6.00. The molecule has 0 bridgehead atoms. The van der Waals surface area contributed by atoms with Crippen molar-refractivity contribution in [1.82, 2.24) is 20.1 Å². The molecule has 0 spiro atoms. The molecule has 3 heterocycles. The quantitative estimate of drug-likeness (QED) is 0.632. The lowest BCUT2D eigenvalue weighted by molar-refractivity contribution is -0.120. The molecule has 38 heavy (non-hydrogen) atoms. The number of anilines is 2. The fourth-order valence-electron chi connectivity index (χ4n) is 5.70. The molecule has 9 nitrogen and oxygen atoms in total. The molecule has 3 aliphatic rings. The van der Waals surface area contributed by atoms with Gasteiger partial charge in [0.05, 0.1) is 11.4 Å². The number of hydrogen-bond acceptors (Lipinski definition) is 6. The Bertz CT molecular complexity index is 1120. The molecule has 9 heteroatoms. The van der Waals surface area contributed by atoms with Crippen LogP contribution in [0.15, 0.2) is 42.7 Å². The molecule has 5 rings (SSSR count). The Morgan fingerprint density at radius 1 is 0.763 bits per heavy atom. The van der Waals surface area contributed by atoms with E-state index in [0.29, 0.717) is 49.5 Å². The number of pyridine rings is 1. The second kappa shape index (κ2) is 12.4. The van der Waals surface area contributed by atoms with Crippen LogP contribution in [0.4, 0.5) is 11.4 Å². The highest BCUT2D eigenvalue weighted by Crippen LogP contribution is 2.31. The summed E-state index contributed by atoms with van der Waals surface area (Å²) < 4.78 is 0. The summed E-state index contributed by atoms with van der Waals surface area (Å²) in [5.74, 6) is 0.0652.